The minimum atomic E-state index is -0.282. The second-order valence-electron chi connectivity index (χ2n) is 5.40. The first-order valence-corrected chi connectivity index (χ1v) is 7.08. The smallest absolute Gasteiger partial charge is 0.227 e. The van der Waals surface area contributed by atoms with Crippen molar-refractivity contribution in [2.75, 3.05) is 12.4 Å². The first-order chi connectivity index (χ1) is 10.1. The average molecular weight is 287 g/mol. The highest BCUT2D eigenvalue weighted by Crippen LogP contribution is 2.40. The Labute approximate surface area is 123 Å². The summed E-state index contributed by atoms with van der Waals surface area (Å²) in [5.74, 6) is 2.63. The summed E-state index contributed by atoms with van der Waals surface area (Å²) in [7, 11) is 1.82. The highest BCUT2D eigenvalue weighted by atomic mass is 19.1. The van der Waals surface area contributed by atoms with Crippen LogP contribution in [0.15, 0.2) is 18.2 Å². The van der Waals surface area contributed by atoms with E-state index in [1.54, 1.807) is 19.1 Å². The molecule has 0 spiro atoms. The molecule has 5 heteroatoms. The number of nitrogens with zero attached hydrogens (tertiary/aromatic N) is 2. The van der Waals surface area contributed by atoms with E-state index >= 15 is 0 Å². The van der Waals surface area contributed by atoms with Crippen molar-refractivity contribution in [2.45, 2.75) is 32.6 Å². The van der Waals surface area contributed by atoms with E-state index < -0.39 is 0 Å². The second-order valence-corrected chi connectivity index (χ2v) is 5.40. The molecule has 1 aromatic heterocycles. The lowest BCUT2D eigenvalue weighted by Crippen LogP contribution is -2.04. The summed E-state index contributed by atoms with van der Waals surface area (Å²) in [5.41, 5.74) is 1.42. The number of hydrogen-bond donors (Lipinski definition) is 1. The summed E-state index contributed by atoms with van der Waals surface area (Å²) >= 11 is 0. The van der Waals surface area contributed by atoms with Crippen LogP contribution in [0.4, 0.5) is 10.2 Å². The first-order valence-electron chi connectivity index (χ1n) is 7.08. The monoisotopic (exact) mass is 287 g/mol. The maximum absolute atomic E-state index is 13.6. The lowest BCUT2D eigenvalue weighted by Gasteiger charge is -2.13. The molecule has 4 nitrogen and oxygen atoms in total. The number of rotatable bonds is 4. The molecule has 0 atom stereocenters. The lowest BCUT2D eigenvalue weighted by atomic mass is 10.2. The number of aryl methyl sites for hydroxylation is 1. The Kier molecular flexibility index (Phi) is 3.49. The minimum Gasteiger partial charge on any atom is -0.438 e. The van der Waals surface area contributed by atoms with Crippen molar-refractivity contribution in [3.63, 3.8) is 0 Å². The maximum Gasteiger partial charge on any atom is 0.227 e. The molecule has 3 rings (SSSR count). The van der Waals surface area contributed by atoms with Crippen molar-refractivity contribution >= 4 is 5.82 Å². The SMILES string of the molecule is CNc1nc(C2CC2)nc(Oc2ccc(C)c(F)c2)c1C. The van der Waals surface area contributed by atoms with Crippen LogP contribution in [0.3, 0.4) is 0 Å². The highest BCUT2D eigenvalue weighted by molar-refractivity contribution is 5.49. The molecule has 1 saturated carbocycles. The molecule has 1 aromatic carbocycles. The topological polar surface area (TPSA) is 47.0 Å². The second kappa shape index (κ2) is 5.31. The Bertz CT molecular complexity index is 683. The molecule has 1 aliphatic carbocycles. The Morgan fingerprint density at radius 3 is 2.62 bits per heavy atom. The Hall–Kier alpha value is -2.17. The molecule has 0 bridgehead atoms. The van der Waals surface area contributed by atoms with Crippen LogP contribution in [0.5, 0.6) is 11.6 Å². The molecule has 21 heavy (non-hydrogen) atoms. The van der Waals surface area contributed by atoms with E-state index in [0.717, 1.165) is 30.0 Å². The van der Waals surface area contributed by atoms with Crippen LogP contribution < -0.4 is 10.1 Å². The summed E-state index contributed by atoms with van der Waals surface area (Å²) in [6.07, 6.45) is 2.23. The molecule has 0 unspecified atom stereocenters. The average Bonchev–Trinajstić information content (AvgIpc) is 3.29. The van der Waals surface area contributed by atoms with Gasteiger partial charge in [0.1, 0.15) is 23.2 Å². The summed E-state index contributed by atoms with van der Waals surface area (Å²) in [4.78, 5) is 9.00. The normalized spacial score (nSPS) is 14.1. The van der Waals surface area contributed by atoms with E-state index in [1.165, 1.54) is 6.07 Å². The summed E-state index contributed by atoms with van der Waals surface area (Å²) in [6.45, 7) is 3.61. The van der Waals surface area contributed by atoms with Gasteiger partial charge in [0.2, 0.25) is 5.88 Å². The molecule has 1 N–H and O–H groups in total. The number of hydrogen-bond acceptors (Lipinski definition) is 4. The lowest BCUT2D eigenvalue weighted by molar-refractivity contribution is 0.450. The van der Waals surface area contributed by atoms with Crippen molar-refractivity contribution in [3.05, 3.63) is 41.0 Å². The molecule has 0 radical (unpaired) electrons. The van der Waals surface area contributed by atoms with Gasteiger partial charge in [0.25, 0.3) is 0 Å². The fourth-order valence-corrected chi connectivity index (χ4v) is 2.13. The minimum absolute atomic E-state index is 0.282. The fraction of sp³-hybridized carbons (Fsp3) is 0.375. The van der Waals surface area contributed by atoms with Crippen LogP contribution in [0.2, 0.25) is 0 Å². The van der Waals surface area contributed by atoms with E-state index in [2.05, 4.69) is 15.3 Å². The predicted octanol–water partition coefficient (Wildman–Crippen LogP) is 3.94. The summed E-state index contributed by atoms with van der Waals surface area (Å²) < 4.78 is 19.4. The van der Waals surface area contributed by atoms with E-state index in [0.29, 0.717) is 23.1 Å². The zero-order chi connectivity index (χ0) is 15.0. The maximum atomic E-state index is 13.6. The number of ether oxygens (including phenoxy) is 1. The van der Waals surface area contributed by atoms with Gasteiger partial charge in [-0.3, -0.25) is 0 Å². The third-order valence-electron chi connectivity index (χ3n) is 3.66. The number of benzene rings is 1. The van der Waals surface area contributed by atoms with Crippen molar-refractivity contribution in [3.8, 4) is 11.6 Å². The van der Waals surface area contributed by atoms with Crippen LogP contribution in [0, 0.1) is 19.7 Å². The van der Waals surface area contributed by atoms with Crippen LogP contribution in [0.25, 0.3) is 0 Å². The Morgan fingerprint density at radius 1 is 1.24 bits per heavy atom. The van der Waals surface area contributed by atoms with Gasteiger partial charge >= 0.3 is 0 Å². The van der Waals surface area contributed by atoms with Crippen molar-refractivity contribution in [1.29, 1.82) is 0 Å². The van der Waals surface area contributed by atoms with Gasteiger partial charge in [-0.25, -0.2) is 9.37 Å². The molecule has 2 aromatic rings. The molecule has 110 valence electrons. The number of halogens is 1. The van der Waals surface area contributed by atoms with Crippen LogP contribution >= 0.6 is 0 Å². The molecule has 0 saturated heterocycles. The van der Waals surface area contributed by atoms with Crippen LogP contribution in [0.1, 0.15) is 35.7 Å². The Balaban J connectivity index is 1.96. The predicted molar refractivity (Wildman–Crippen MR) is 79.5 cm³/mol. The van der Waals surface area contributed by atoms with Gasteiger partial charge in [-0.15, -0.1) is 0 Å². The molecule has 1 aliphatic rings. The van der Waals surface area contributed by atoms with E-state index in [1.807, 2.05) is 14.0 Å². The van der Waals surface area contributed by atoms with Gasteiger partial charge < -0.3 is 10.1 Å². The highest BCUT2D eigenvalue weighted by Gasteiger charge is 2.28. The number of anilines is 1. The number of aromatic nitrogens is 2. The summed E-state index contributed by atoms with van der Waals surface area (Å²) in [6, 6.07) is 4.82. The fourth-order valence-electron chi connectivity index (χ4n) is 2.13. The summed E-state index contributed by atoms with van der Waals surface area (Å²) in [5, 5.41) is 3.06. The molecule has 0 amide bonds. The van der Waals surface area contributed by atoms with Gasteiger partial charge in [0.05, 0.1) is 5.56 Å². The van der Waals surface area contributed by atoms with Crippen molar-refractivity contribution in [2.24, 2.45) is 0 Å². The Morgan fingerprint density at radius 2 is 2.00 bits per heavy atom. The molecular formula is C16H18FN3O. The van der Waals surface area contributed by atoms with Crippen LogP contribution in [-0.4, -0.2) is 17.0 Å². The van der Waals surface area contributed by atoms with Crippen molar-refractivity contribution in [1.82, 2.24) is 9.97 Å². The van der Waals surface area contributed by atoms with Gasteiger partial charge in [-0.1, -0.05) is 6.07 Å². The standard InChI is InChI=1S/C16H18FN3O/c1-9-4-7-12(8-13(9)17)21-16-10(2)14(18-3)19-15(20-16)11-5-6-11/h4,7-8,11H,5-6H2,1-3H3,(H,18,19,20). The number of nitrogens with one attached hydrogen (secondary N) is 1. The molecule has 1 fully saturated rings. The quantitative estimate of drug-likeness (QED) is 0.925. The molecule has 0 aliphatic heterocycles. The van der Waals surface area contributed by atoms with Gasteiger partial charge in [0, 0.05) is 19.0 Å². The third kappa shape index (κ3) is 2.82. The van der Waals surface area contributed by atoms with E-state index in [4.69, 9.17) is 4.74 Å². The first kappa shape index (κ1) is 13.8. The zero-order valence-corrected chi connectivity index (χ0v) is 12.4. The van der Waals surface area contributed by atoms with Crippen molar-refractivity contribution < 1.29 is 9.13 Å². The molecule has 1 heterocycles. The largest absolute Gasteiger partial charge is 0.438 e. The van der Waals surface area contributed by atoms with Gasteiger partial charge in [-0.2, -0.15) is 4.98 Å². The van der Waals surface area contributed by atoms with E-state index in [-0.39, 0.29) is 5.82 Å². The van der Waals surface area contributed by atoms with Gasteiger partial charge in [0.15, 0.2) is 0 Å². The van der Waals surface area contributed by atoms with Gasteiger partial charge in [-0.05, 0) is 38.3 Å². The zero-order valence-electron chi connectivity index (χ0n) is 12.4. The third-order valence-corrected chi connectivity index (χ3v) is 3.66. The molecular weight excluding hydrogens is 269 g/mol. The van der Waals surface area contributed by atoms with E-state index in [9.17, 15) is 4.39 Å². The van der Waals surface area contributed by atoms with Crippen LogP contribution in [-0.2, 0) is 0 Å².